The molecule has 1 aliphatic rings. The fourth-order valence-corrected chi connectivity index (χ4v) is 9.55. The normalized spacial score (nSPS) is 15.9. The molecule has 14 nitrogen and oxygen atoms in total. The van der Waals surface area contributed by atoms with E-state index in [0.29, 0.717) is 6.61 Å². The number of hydrogen-bond acceptors (Lipinski definition) is 11. The van der Waals surface area contributed by atoms with E-state index in [1.54, 1.807) is 11.3 Å². The number of aliphatic hydroxyl groups excluding tert-OH is 1. The Morgan fingerprint density at radius 1 is 0.925 bits per heavy atom. The number of carbonyl (C=O) groups is 3. The molecule has 4 heterocycles. The lowest BCUT2D eigenvalue weighted by atomic mass is 9.85. The molecule has 0 radical (unpaired) electrons. The summed E-state index contributed by atoms with van der Waals surface area (Å²) >= 11 is 1.58. The van der Waals surface area contributed by atoms with E-state index in [9.17, 15) is 19.5 Å². The Kier molecular flexibility index (Phi) is 15.4. The highest BCUT2D eigenvalue weighted by Gasteiger charge is 2.44. The number of carbonyl (C=O) groups excluding carboxylic acids is 3. The van der Waals surface area contributed by atoms with Gasteiger partial charge in [-0.2, -0.15) is 0 Å². The molecule has 4 atom stereocenters. The average Bonchev–Trinajstić information content (AvgIpc) is 4.11. The number of benzene rings is 3. The average molecular weight is 929 g/mol. The monoisotopic (exact) mass is 928 g/mol. The van der Waals surface area contributed by atoms with Crippen molar-refractivity contribution < 1.29 is 28.8 Å². The van der Waals surface area contributed by atoms with Crippen molar-refractivity contribution in [3.8, 4) is 27.3 Å². The van der Waals surface area contributed by atoms with Crippen molar-refractivity contribution in [1.29, 1.82) is 0 Å². The molecule has 7 rings (SSSR count). The number of nitrogens with zero attached hydrogens (tertiary/aromatic N) is 6. The van der Waals surface area contributed by atoms with Gasteiger partial charge in [-0.15, -0.1) is 11.3 Å². The van der Waals surface area contributed by atoms with Crippen LogP contribution in [0.4, 0.5) is 11.4 Å². The zero-order chi connectivity index (χ0) is 48.0. The van der Waals surface area contributed by atoms with Gasteiger partial charge in [-0.25, -0.2) is 9.97 Å². The fraction of sp³-hybridized carbons (Fsp3) is 0.423. The Balaban J connectivity index is 0.926. The van der Waals surface area contributed by atoms with Crippen LogP contribution in [0.2, 0.25) is 0 Å². The molecule has 1 saturated heterocycles. The predicted octanol–water partition coefficient (Wildman–Crippen LogP) is 8.89. The van der Waals surface area contributed by atoms with Crippen LogP contribution >= 0.6 is 11.3 Å². The van der Waals surface area contributed by atoms with Crippen molar-refractivity contribution in [1.82, 2.24) is 35.2 Å². The minimum absolute atomic E-state index is 0.00661. The van der Waals surface area contributed by atoms with E-state index < -0.39 is 35.4 Å². The summed E-state index contributed by atoms with van der Waals surface area (Å²) in [5.41, 5.74) is 12.2. The number of aliphatic hydroxyl groups is 1. The summed E-state index contributed by atoms with van der Waals surface area (Å²) < 4.78 is 13.4. The van der Waals surface area contributed by atoms with Gasteiger partial charge >= 0.3 is 0 Å². The first-order valence-corrected chi connectivity index (χ1v) is 23.9. The lowest BCUT2D eigenvalue weighted by Crippen LogP contribution is -2.58. The van der Waals surface area contributed by atoms with Crippen LogP contribution in [0.1, 0.15) is 93.4 Å². The summed E-state index contributed by atoms with van der Waals surface area (Å²) in [7, 11) is 0. The molecule has 6 aromatic rings. The summed E-state index contributed by atoms with van der Waals surface area (Å²) in [6, 6.07) is 20.7. The Morgan fingerprint density at radius 3 is 2.30 bits per heavy atom. The molecule has 354 valence electrons. The number of thiazole rings is 1. The van der Waals surface area contributed by atoms with Gasteiger partial charge in [0.15, 0.2) is 0 Å². The third kappa shape index (κ3) is 11.7. The van der Waals surface area contributed by atoms with Crippen molar-refractivity contribution in [3.63, 3.8) is 0 Å². The Labute approximate surface area is 397 Å². The number of likely N-dealkylation sites (tertiary alicyclic amines) is 1. The highest BCUT2D eigenvalue weighted by atomic mass is 32.1. The van der Waals surface area contributed by atoms with E-state index in [-0.39, 0.29) is 31.5 Å². The van der Waals surface area contributed by atoms with Crippen LogP contribution in [0.3, 0.4) is 0 Å². The van der Waals surface area contributed by atoms with Gasteiger partial charge in [0.2, 0.25) is 17.7 Å². The van der Waals surface area contributed by atoms with Crippen LogP contribution in [0.15, 0.2) is 89.3 Å². The lowest BCUT2D eigenvalue weighted by Gasteiger charge is -2.35. The van der Waals surface area contributed by atoms with Gasteiger partial charge < -0.3 is 39.4 Å². The van der Waals surface area contributed by atoms with E-state index in [2.05, 4.69) is 80.0 Å². The standard InChI is InChI=1S/C52H64N8O6S/c1-32-13-14-40(47-35(4)57-66-37(47)6)25-44(32)59(42-21-19-41(20-22-42)58-27-33(2)53-30-58)23-11-10-12-24-65-29-46(62)56-49(52(7,8)9)51(64)60-28-43(61)26-45(60)50(63)55-34(3)38-15-17-39(18-16-38)48-36(5)54-31-67-48/h13-22,25,27,30-31,34,43,45,49,61H,10-12,23-24,26,28-29H2,1-9H3,(H,55,63)(H,56,62)/t34-,43+,45-,49+/m0/s1. The molecule has 1 fully saturated rings. The van der Waals surface area contributed by atoms with E-state index >= 15 is 0 Å². The second-order valence-corrected chi connectivity index (χ2v) is 19.6. The van der Waals surface area contributed by atoms with E-state index in [0.717, 1.165) is 98.4 Å². The third-order valence-electron chi connectivity index (χ3n) is 12.5. The fourth-order valence-electron chi connectivity index (χ4n) is 8.74. The lowest BCUT2D eigenvalue weighted by molar-refractivity contribution is -0.144. The summed E-state index contributed by atoms with van der Waals surface area (Å²) in [4.78, 5) is 54.9. The number of nitrogens with one attached hydrogen (secondary N) is 2. The molecule has 0 unspecified atom stereocenters. The third-order valence-corrected chi connectivity index (χ3v) is 13.4. The van der Waals surface area contributed by atoms with Crippen LogP contribution in [0, 0.1) is 40.0 Å². The van der Waals surface area contributed by atoms with Gasteiger partial charge in [-0.1, -0.05) is 62.3 Å². The van der Waals surface area contributed by atoms with Crippen molar-refractivity contribution in [2.45, 2.75) is 112 Å². The molecule has 15 heteroatoms. The molecule has 0 spiro atoms. The minimum Gasteiger partial charge on any atom is -0.391 e. The molecule has 0 bridgehead atoms. The van der Waals surface area contributed by atoms with Gasteiger partial charge in [-0.3, -0.25) is 14.4 Å². The topological polar surface area (TPSA) is 168 Å². The molecule has 3 aromatic heterocycles. The molecule has 3 N–H and O–H groups in total. The first kappa shape index (κ1) is 48.8. The minimum atomic E-state index is -0.951. The van der Waals surface area contributed by atoms with Gasteiger partial charge in [0, 0.05) is 54.9 Å². The number of hydrogen-bond donors (Lipinski definition) is 3. The molecular formula is C52H64N8O6S. The molecule has 3 amide bonds. The van der Waals surface area contributed by atoms with Crippen LogP contribution in [0.5, 0.6) is 0 Å². The van der Waals surface area contributed by atoms with Crippen LogP contribution in [0.25, 0.3) is 27.3 Å². The zero-order valence-electron chi connectivity index (χ0n) is 40.1. The summed E-state index contributed by atoms with van der Waals surface area (Å²) in [5.74, 6) is -0.420. The summed E-state index contributed by atoms with van der Waals surface area (Å²) in [6.07, 6.45) is 5.51. The Hall–Kier alpha value is -6.16. The number of ether oxygens (including phenoxy) is 1. The van der Waals surface area contributed by atoms with E-state index in [4.69, 9.17) is 9.26 Å². The predicted molar refractivity (Wildman–Crippen MR) is 262 cm³/mol. The van der Waals surface area contributed by atoms with Crippen molar-refractivity contribution in [3.05, 3.63) is 119 Å². The Morgan fingerprint density at radius 2 is 1.66 bits per heavy atom. The number of aromatic nitrogens is 4. The van der Waals surface area contributed by atoms with Gasteiger partial charge in [-0.05, 0) is 119 Å². The zero-order valence-corrected chi connectivity index (χ0v) is 40.9. The largest absolute Gasteiger partial charge is 0.391 e. The summed E-state index contributed by atoms with van der Waals surface area (Å²) in [6.45, 7) is 18.3. The number of amides is 3. The SMILES string of the molecule is Cc1cn(-c2ccc(N(CCCCCOCC(=O)N[C@H](C(=O)N3C[C@H](O)C[C@H]3C(=O)N[C@@H](C)c3ccc(-c4scnc4C)cc3)C(C)(C)C)c3cc(-c4c(C)noc4C)ccc3C)cc2)cn1. The number of β-amino-alcohol motifs (C(OH)–C–C–N with tert-alkyl or cyclic N) is 1. The summed E-state index contributed by atoms with van der Waals surface area (Å²) in [5, 5.41) is 20.9. The molecular weight excluding hydrogens is 865 g/mol. The van der Waals surface area contributed by atoms with Gasteiger partial charge in [0.25, 0.3) is 0 Å². The number of aryl methyl sites for hydroxylation is 5. The molecule has 0 saturated carbocycles. The number of rotatable bonds is 18. The van der Waals surface area contributed by atoms with Gasteiger partial charge in [0.1, 0.15) is 24.5 Å². The van der Waals surface area contributed by atoms with E-state index in [1.165, 1.54) is 4.90 Å². The van der Waals surface area contributed by atoms with Crippen LogP contribution < -0.4 is 15.5 Å². The van der Waals surface area contributed by atoms with E-state index in [1.807, 2.05) is 102 Å². The maximum Gasteiger partial charge on any atom is 0.246 e. The number of imidazole rings is 1. The maximum atomic E-state index is 14.2. The second kappa shape index (κ2) is 21.2. The Bertz CT molecular complexity index is 2630. The number of unbranched alkanes of at least 4 members (excludes halogenated alkanes) is 2. The first-order valence-electron chi connectivity index (χ1n) is 23.1. The smallest absolute Gasteiger partial charge is 0.246 e. The van der Waals surface area contributed by atoms with Crippen LogP contribution in [-0.2, 0) is 19.1 Å². The molecule has 1 aliphatic heterocycles. The highest BCUT2D eigenvalue weighted by molar-refractivity contribution is 7.13. The first-order chi connectivity index (χ1) is 32.0. The van der Waals surface area contributed by atoms with Gasteiger partial charge in [0.05, 0.1) is 45.9 Å². The maximum absolute atomic E-state index is 14.2. The number of anilines is 2. The molecule has 3 aromatic carbocycles. The van der Waals surface area contributed by atoms with Crippen LogP contribution in [-0.4, -0.2) is 91.9 Å². The van der Waals surface area contributed by atoms with Crippen molar-refractivity contribution >= 4 is 40.4 Å². The molecule has 67 heavy (non-hydrogen) atoms. The van der Waals surface area contributed by atoms with Crippen molar-refractivity contribution in [2.75, 3.05) is 31.2 Å². The highest BCUT2D eigenvalue weighted by Crippen LogP contribution is 2.36. The quantitative estimate of drug-likeness (QED) is 0.0709. The second-order valence-electron chi connectivity index (χ2n) is 18.8. The van der Waals surface area contributed by atoms with Crippen molar-refractivity contribution in [2.24, 2.45) is 5.41 Å². The molecule has 0 aliphatic carbocycles.